The molecule has 0 aromatic heterocycles. The Morgan fingerprint density at radius 3 is 2.81 bits per heavy atom. The van der Waals surface area contributed by atoms with Crippen LogP contribution in [0.1, 0.15) is 30.6 Å². The van der Waals surface area contributed by atoms with Crippen LogP contribution < -0.4 is 4.74 Å². The van der Waals surface area contributed by atoms with Gasteiger partial charge in [-0.2, -0.15) is 0 Å². The van der Waals surface area contributed by atoms with Gasteiger partial charge in [-0.1, -0.05) is 11.6 Å². The van der Waals surface area contributed by atoms with E-state index < -0.39 is 0 Å². The Morgan fingerprint density at radius 1 is 1.50 bits per heavy atom. The maximum absolute atomic E-state index is 11.1. The second kappa shape index (κ2) is 6.19. The van der Waals surface area contributed by atoms with Crippen LogP contribution in [0.15, 0.2) is 18.2 Å². The van der Waals surface area contributed by atoms with Crippen LogP contribution in [0.25, 0.3) is 0 Å². The molecule has 0 fully saturated rings. The summed E-state index contributed by atoms with van der Waals surface area (Å²) in [5, 5.41) is 0.456. The van der Waals surface area contributed by atoms with Crippen LogP contribution >= 0.6 is 11.6 Å². The molecule has 1 aromatic rings. The van der Waals surface area contributed by atoms with Crippen molar-refractivity contribution in [1.82, 2.24) is 0 Å². The largest absolute Gasteiger partial charge is 0.491 e. The first-order valence-electron chi connectivity index (χ1n) is 4.98. The fraction of sp³-hybridized carbons (Fsp3) is 0.308. The van der Waals surface area contributed by atoms with Crippen LogP contribution in [-0.2, 0) is 0 Å². The number of Topliss-reactive ketones (excluding diaryl/α,β-unsaturated/α-hetero) is 1. The van der Waals surface area contributed by atoms with E-state index in [0.717, 1.165) is 0 Å². The summed E-state index contributed by atoms with van der Waals surface area (Å²) in [5.41, 5.74) is 0.589. The van der Waals surface area contributed by atoms with Crippen molar-refractivity contribution in [3.05, 3.63) is 28.8 Å². The van der Waals surface area contributed by atoms with Crippen molar-refractivity contribution < 1.29 is 9.53 Å². The fourth-order valence-corrected chi connectivity index (χ4v) is 1.41. The number of hydrogen-bond donors (Lipinski definition) is 0. The van der Waals surface area contributed by atoms with E-state index in [1.165, 1.54) is 6.92 Å². The molecule has 84 valence electrons. The standard InChI is InChI=1S/C13H13ClO2/c1-3-4-5-8-16-13-7-6-11(10(2)15)9-12(13)14/h6-7,9H,5,8H2,1-2H3. The minimum atomic E-state index is -0.00898. The number of carbonyl (C=O) groups is 1. The molecular formula is C13H13ClO2. The SMILES string of the molecule is CC#CCCOc1ccc(C(C)=O)cc1Cl. The van der Waals surface area contributed by atoms with Gasteiger partial charge in [0, 0.05) is 12.0 Å². The third-order valence-corrected chi connectivity index (χ3v) is 2.30. The van der Waals surface area contributed by atoms with E-state index >= 15 is 0 Å². The minimum Gasteiger partial charge on any atom is -0.491 e. The molecule has 0 spiro atoms. The number of halogens is 1. The molecular weight excluding hydrogens is 224 g/mol. The van der Waals surface area contributed by atoms with Crippen molar-refractivity contribution in [2.45, 2.75) is 20.3 Å². The minimum absolute atomic E-state index is 0.00898. The second-order valence-electron chi connectivity index (χ2n) is 3.23. The number of ether oxygens (including phenoxy) is 1. The Balaban J connectivity index is 2.67. The molecule has 0 aliphatic rings. The Morgan fingerprint density at radius 2 is 2.25 bits per heavy atom. The van der Waals surface area contributed by atoms with E-state index in [0.29, 0.717) is 29.4 Å². The van der Waals surface area contributed by atoms with Crippen LogP contribution in [0, 0.1) is 11.8 Å². The Kier molecular flexibility index (Phi) is 4.88. The predicted octanol–water partition coefficient (Wildman–Crippen LogP) is 3.33. The van der Waals surface area contributed by atoms with E-state index in [2.05, 4.69) is 11.8 Å². The Labute approximate surface area is 101 Å². The highest BCUT2D eigenvalue weighted by Gasteiger charge is 2.05. The zero-order valence-electron chi connectivity index (χ0n) is 9.34. The molecule has 0 aliphatic heterocycles. The highest BCUT2D eigenvalue weighted by molar-refractivity contribution is 6.32. The summed E-state index contributed by atoms with van der Waals surface area (Å²) in [5.74, 6) is 6.26. The molecule has 16 heavy (non-hydrogen) atoms. The Hall–Kier alpha value is -1.46. The van der Waals surface area contributed by atoms with Crippen LogP contribution in [0.4, 0.5) is 0 Å². The quantitative estimate of drug-likeness (QED) is 0.455. The zero-order chi connectivity index (χ0) is 12.0. The van der Waals surface area contributed by atoms with Gasteiger partial charge in [0.15, 0.2) is 5.78 Å². The smallest absolute Gasteiger partial charge is 0.159 e. The molecule has 0 atom stereocenters. The molecule has 0 saturated heterocycles. The van der Waals surface area contributed by atoms with Crippen LogP contribution in [0.2, 0.25) is 5.02 Å². The van der Waals surface area contributed by atoms with Gasteiger partial charge in [0.25, 0.3) is 0 Å². The monoisotopic (exact) mass is 236 g/mol. The molecule has 0 unspecified atom stereocenters. The first-order chi connectivity index (χ1) is 7.65. The third kappa shape index (κ3) is 3.60. The number of hydrogen-bond acceptors (Lipinski definition) is 2. The number of ketones is 1. The van der Waals surface area contributed by atoms with Gasteiger partial charge in [0.2, 0.25) is 0 Å². The molecule has 2 nitrogen and oxygen atoms in total. The molecule has 0 aliphatic carbocycles. The maximum Gasteiger partial charge on any atom is 0.159 e. The lowest BCUT2D eigenvalue weighted by atomic mass is 10.1. The summed E-state index contributed by atoms with van der Waals surface area (Å²) in [7, 11) is 0. The summed E-state index contributed by atoms with van der Waals surface area (Å²) in [6, 6.07) is 5.03. The van der Waals surface area contributed by atoms with Crippen LogP contribution in [0.5, 0.6) is 5.75 Å². The van der Waals surface area contributed by atoms with Crippen molar-refractivity contribution in [3.63, 3.8) is 0 Å². The van der Waals surface area contributed by atoms with Gasteiger partial charge in [-0.05, 0) is 32.0 Å². The van der Waals surface area contributed by atoms with E-state index in [-0.39, 0.29) is 5.78 Å². The summed E-state index contributed by atoms with van der Waals surface area (Å²) in [6.45, 7) is 3.79. The maximum atomic E-state index is 11.1. The molecule has 3 heteroatoms. The van der Waals surface area contributed by atoms with Gasteiger partial charge >= 0.3 is 0 Å². The average Bonchev–Trinajstić information content (AvgIpc) is 2.26. The molecule has 0 amide bonds. The second-order valence-corrected chi connectivity index (χ2v) is 3.63. The predicted molar refractivity (Wildman–Crippen MR) is 65.0 cm³/mol. The Bertz CT molecular complexity index is 441. The van der Waals surface area contributed by atoms with E-state index in [1.54, 1.807) is 25.1 Å². The van der Waals surface area contributed by atoms with Crippen molar-refractivity contribution in [1.29, 1.82) is 0 Å². The summed E-state index contributed by atoms with van der Waals surface area (Å²) < 4.78 is 5.43. The molecule has 0 heterocycles. The first kappa shape index (κ1) is 12.6. The summed E-state index contributed by atoms with van der Waals surface area (Å²) in [4.78, 5) is 11.1. The number of benzene rings is 1. The lowest BCUT2D eigenvalue weighted by molar-refractivity contribution is 0.101. The number of rotatable bonds is 4. The topological polar surface area (TPSA) is 26.3 Å². The van der Waals surface area contributed by atoms with Gasteiger partial charge in [0.1, 0.15) is 5.75 Å². The number of carbonyl (C=O) groups excluding carboxylic acids is 1. The highest BCUT2D eigenvalue weighted by atomic mass is 35.5. The molecule has 1 aromatic carbocycles. The van der Waals surface area contributed by atoms with Crippen molar-refractivity contribution in [2.75, 3.05) is 6.61 Å². The van der Waals surface area contributed by atoms with Gasteiger partial charge in [0.05, 0.1) is 11.6 Å². The summed E-state index contributed by atoms with van der Waals surface area (Å²) in [6.07, 6.45) is 0.668. The van der Waals surface area contributed by atoms with Crippen LogP contribution in [-0.4, -0.2) is 12.4 Å². The van der Waals surface area contributed by atoms with Gasteiger partial charge in [-0.3, -0.25) is 4.79 Å². The van der Waals surface area contributed by atoms with Crippen molar-refractivity contribution >= 4 is 17.4 Å². The first-order valence-corrected chi connectivity index (χ1v) is 5.36. The van der Waals surface area contributed by atoms with Crippen molar-refractivity contribution in [2.24, 2.45) is 0 Å². The van der Waals surface area contributed by atoms with Crippen LogP contribution in [0.3, 0.4) is 0 Å². The molecule has 0 N–H and O–H groups in total. The lowest BCUT2D eigenvalue weighted by Crippen LogP contribution is -1.98. The lowest BCUT2D eigenvalue weighted by Gasteiger charge is -2.06. The third-order valence-electron chi connectivity index (χ3n) is 2.00. The van der Waals surface area contributed by atoms with E-state index in [9.17, 15) is 4.79 Å². The fourth-order valence-electron chi connectivity index (χ4n) is 1.17. The van der Waals surface area contributed by atoms with Gasteiger partial charge in [-0.15, -0.1) is 11.8 Å². The highest BCUT2D eigenvalue weighted by Crippen LogP contribution is 2.25. The average molecular weight is 237 g/mol. The van der Waals surface area contributed by atoms with E-state index in [1.807, 2.05) is 0 Å². The van der Waals surface area contributed by atoms with Crippen molar-refractivity contribution in [3.8, 4) is 17.6 Å². The normalized spacial score (nSPS) is 9.19. The zero-order valence-corrected chi connectivity index (χ0v) is 10.1. The van der Waals surface area contributed by atoms with Gasteiger partial charge < -0.3 is 4.74 Å². The molecule has 0 bridgehead atoms. The molecule has 0 radical (unpaired) electrons. The molecule has 0 saturated carbocycles. The van der Waals surface area contributed by atoms with Gasteiger partial charge in [-0.25, -0.2) is 0 Å². The molecule has 1 rings (SSSR count). The summed E-state index contributed by atoms with van der Waals surface area (Å²) >= 11 is 5.97. The van der Waals surface area contributed by atoms with E-state index in [4.69, 9.17) is 16.3 Å².